The maximum absolute atomic E-state index is 11.3. The number of carbonyl (C=O) groups is 1. The molecule has 3 nitrogen and oxygen atoms in total. The Hall–Kier alpha value is -0.580. The minimum Gasteiger partial charge on any atom is -0.466 e. The number of ether oxygens (including phenoxy) is 2. The van der Waals surface area contributed by atoms with Gasteiger partial charge in [0.25, 0.3) is 0 Å². The first-order valence-electron chi connectivity index (χ1n) is 5.11. The van der Waals surface area contributed by atoms with Gasteiger partial charge in [-0.15, -0.1) is 11.3 Å². The lowest BCUT2D eigenvalue weighted by molar-refractivity contribution is -0.143. The Labute approximate surface area is 104 Å². The van der Waals surface area contributed by atoms with E-state index in [-0.39, 0.29) is 5.97 Å². The summed E-state index contributed by atoms with van der Waals surface area (Å²) >= 11 is 7.28. The van der Waals surface area contributed by atoms with Crippen LogP contribution in [0.4, 0.5) is 0 Å². The first-order chi connectivity index (χ1) is 7.72. The van der Waals surface area contributed by atoms with Crippen LogP contribution in [0.2, 0.25) is 4.34 Å². The van der Waals surface area contributed by atoms with E-state index < -0.39 is 0 Å². The molecule has 0 saturated carbocycles. The molecule has 0 aliphatic heterocycles. The summed E-state index contributed by atoms with van der Waals surface area (Å²) in [5.41, 5.74) is 0. The minimum atomic E-state index is -0.166. The molecule has 16 heavy (non-hydrogen) atoms. The Morgan fingerprint density at radius 3 is 2.88 bits per heavy atom. The molecule has 1 heterocycles. The molecule has 0 unspecified atom stereocenters. The highest BCUT2D eigenvalue weighted by Gasteiger charge is 2.05. The molecule has 0 spiro atoms. The summed E-state index contributed by atoms with van der Waals surface area (Å²) in [5, 5.41) is 0. The largest absolute Gasteiger partial charge is 0.466 e. The second kappa shape index (κ2) is 7.65. The van der Waals surface area contributed by atoms with Gasteiger partial charge in [0.15, 0.2) is 0 Å². The molecule has 0 amide bonds. The Bertz CT molecular complexity index is 325. The molecule has 0 aliphatic rings. The maximum Gasteiger partial charge on any atom is 0.306 e. The van der Waals surface area contributed by atoms with Crippen molar-refractivity contribution in [3.63, 3.8) is 0 Å². The predicted molar refractivity (Wildman–Crippen MR) is 65.1 cm³/mol. The van der Waals surface area contributed by atoms with Gasteiger partial charge in [0.1, 0.15) is 0 Å². The van der Waals surface area contributed by atoms with Gasteiger partial charge in [-0.2, -0.15) is 0 Å². The molecule has 0 radical (unpaired) electrons. The van der Waals surface area contributed by atoms with Gasteiger partial charge in [-0.1, -0.05) is 11.6 Å². The monoisotopic (exact) mass is 262 g/mol. The van der Waals surface area contributed by atoms with Crippen molar-refractivity contribution in [2.45, 2.75) is 19.3 Å². The Morgan fingerprint density at radius 2 is 2.25 bits per heavy atom. The van der Waals surface area contributed by atoms with Crippen LogP contribution < -0.4 is 0 Å². The minimum absolute atomic E-state index is 0.166. The van der Waals surface area contributed by atoms with Crippen molar-refractivity contribution >= 4 is 28.9 Å². The lowest BCUT2D eigenvalue weighted by Gasteiger charge is -2.03. The third-order valence-electron chi connectivity index (χ3n) is 1.96. The molecular weight excluding hydrogens is 248 g/mol. The molecule has 1 aromatic heterocycles. The topological polar surface area (TPSA) is 35.5 Å². The fourth-order valence-corrected chi connectivity index (χ4v) is 2.26. The van der Waals surface area contributed by atoms with E-state index in [1.54, 1.807) is 7.11 Å². The molecule has 90 valence electrons. The number of aryl methyl sites for hydroxylation is 1. The Morgan fingerprint density at radius 1 is 1.44 bits per heavy atom. The van der Waals surface area contributed by atoms with Crippen LogP contribution in [0.25, 0.3) is 0 Å². The van der Waals surface area contributed by atoms with Crippen LogP contribution in [0, 0.1) is 0 Å². The average Bonchev–Trinajstić information content (AvgIpc) is 2.68. The zero-order valence-corrected chi connectivity index (χ0v) is 10.8. The zero-order valence-electron chi connectivity index (χ0n) is 9.20. The highest BCUT2D eigenvalue weighted by Crippen LogP contribution is 2.22. The van der Waals surface area contributed by atoms with E-state index in [1.807, 2.05) is 12.1 Å². The summed E-state index contributed by atoms with van der Waals surface area (Å²) in [7, 11) is 1.63. The molecule has 1 rings (SSSR count). The van der Waals surface area contributed by atoms with Gasteiger partial charge in [-0.3, -0.25) is 4.79 Å². The number of hydrogen-bond acceptors (Lipinski definition) is 4. The van der Waals surface area contributed by atoms with E-state index in [4.69, 9.17) is 21.1 Å². The van der Waals surface area contributed by atoms with Crippen molar-refractivity contribution in [3.8, 4) is 0 Å². The summed E-state index contributed by atoms with van der Waals surface area (Å²) in [6, 6.07) is 3.77. The quantitative estimate of drug-likeness (QED) is 0.560. The lowest BCUT2D eigenvalue weighted by atomic mass is 10.3. The summed E-state index contributed by atoms with van der Waals surface area (Å²) in [6.45, 7) is 1.05. The van der Waals surface area contributed by atoms with Gasteiger partial charge < -0.3 is 9.47 Å². The Balaban J connectivity index is 2.10. The van der Waals surface area contributed by atoms with E-state index in [9.17, 15) is 4.79 Å². The highest BCUT2D eigenvalue weighted by molar-refractivity contribution is 7.16. The van der Waals surface area contributed by atoms with Crippen molar-refractivity contribution in [2.75, 3.05) is 20.3 Å². The summed E-state index contributed by atoms with van der Waals surface area (Å²) < 4.78 is 10.6. The van der Waals surface area contributed by atoms with Crippen LogP contribution in [0.1, 0.15) is 17.7 Å². The van der Waals surface area contributed by atoms with Crippen molar-refractivity contribution in [1.82, 2.24) is 0 Å². The van der Waals surface area contributed by atoms with E-state index in [0.717, 1.165) is 15.6 Å². The molecule has 5 heteroatoms. The average molecular weight is 263 g/mol. The predicted octanol–water partition coefficient (Wildman–Crippen LogP) is 2.91. The number of hydrogen-bond donors (Lipinski definition) is 0. The number of methoxy groups -OCH3 is 1. The number of halogens is 1. The van der Waals surface area contributed by atoms with Crippen molar-refractivity contribution in [1.29, 1.82) is 0 Å². The van der Waals surface area contributed by atoms with Crippen molar-refractivity contribution in [3.05, 3.63) is 21.3 Å². The summed E-state index contributed by atoms with van der Waals surface area (Å²) in [4.78, 5) is 12.4. The molecule has 0 fully saturated rings. The van der Waals surface area contributed by atoms with Gasteiger partial charge in [-0.25, -0.2) is 0 Å². The Kier molecular flexibility index (Phi) is 6.45. The van der Waals surface area contributed by atoms with E-state index >= 15 is 0 Å². The third-order valence-corrected chi connectivity index (χ3v) is 3.25. The van der Waals surface area contributed by atoms with Crippen LogP contribution in [-0.4, -0.2) is 26.3 Å². The van der Waals surface area contributed by atoms with Crippen LogP contribution in [0.5, 0.6) is 0 Å². The number of carbonyl (C=O) groups excluding carboxylic acids is 1. The molecular formula is C11H15ClO3S. The zero-order chi connectivity index (χ0) is 11.8. The lowest BCUT2D eigenvalue weighted by Crippen LogP contribution is -2.08. The number of esters is 1. The number of thiophene rings is 1. The molecule has 1 aromatic rings. The van der Waals surface area contributed by atoms with E-state index in [0.29, 0.717) is 26.1 Å². The molecule has 0 bridgehead atoms. The van der Waals surface area contributed by atoms with Crippen molar-refractivity contribution in [2.24, 2.45) is 0 Å². The summed E-state index contributed by atoms with van der Waals surface area (Å²) in [6.07, 6.45) is 1.84. The van der Waals surface area contributed by atoms with Crippen LogP contribution in [-0.2, 0) is 20.7 Å². The molecule has 0 aromatic carbocycles. The van der Waals surface area contributed by atoms with Gasteiger partial charge in [0.2, 0.25) is 0 Å². The maximum atomic E-state index is 11.3. The molecule has 0 aliphatic carbocycles. The smallest absolute Gasteiger partial charge is 0.306 e. The standard InChI is InChI=1S/C11H15ClO3S/c1-14-7-2-8-15-11(13)6-4-9-3-5-10(12)16-9/h3,5H,2,4,6-8H2,1H3. The van der Waals surface area contributed by atoms with Gasteiger partial charge in [0.05, 0.1) is 17.4 Å². The van der Waals surface area contributed by atoms with Crippen molar-refractivity contribution < 1.29 is 14.3 Å². The fraction of sp³-hybridized carbons (Fsp3) is 0.545. The van der Waals surface area contributed by atoms with Gasteiger partial charge in [-0.05, 0) is 18.6 Å². The van der Waals surface area contributed by atoms with Gasteiger partial charge >= 0.3 is 5.97 Å². The molecule has 0 saturated heterocycles. The third kappa shape index (κ3) is 5.49. The normalized spacial score (nSPS) is 10.4. The van der Waals surface area contributed by atoms with Crippen LogP contribution >= 0.6 is 22.9 Å². The summed E-state index contributed by atoms with van der Waals surface area (Å²) in [5.74, 6) is -0.166. The fourth-order valence-electron chi connectivity index (χ4n) is 1.17. The second-order valence-corrected chi connectivity index (χ2v) is 5.07. The first kappa shape index (κ1) is 13.5. The van der Waals surface area contributed by atoms with Gasteiger partial charge in [0, 0.05) is 25.0 Å². The molecule has 0 N–H and O–H groups in total. The van der Waals surface area contributed by atoms with E-state index in [2.05, 4.69) is 0 Å². The van der Waals surface area contributed by atoms with Crippen LogP contribution in [0.15, 0.2) is 12.1 Å². The number of rotatable bonds is 7. The van der Waals surface area contributed by atoms with Crippen LogP contribution in [0.3, 0.4) is 0 Å². The highest BCUT2D eigenvalue weighted by atomic mass is 35.5. The molecule has 0 atom stereocenters. The second-order valence-electron chi connectivity index (χ2n) is 3.27. The first-order valence-corrected chi connectivity index (χ1v) is 6.30. The van der Waals surface area contributed by atoms with E-state index in [1.165, 1.54) is 11.3 Å². The SMILES string of the molecule is COCCCOC(=O)CCc1ccc(Cl)s1.